The number of benzene rings is 9. The van der Waals surface area contributed by atoms with Gasteiger partial charge in [0.1, 0.15) is 0 Å². The molecule has 12 aromatic rings. The largest absolute Gasteiger partial charge is 0.310 e. The van der Waals surface area contributed by atoms with Gasteiger partial charge in [0.05, 0.1) is 27.6 Å². The van der Waals surface area contributed by atoms with E-state index in [1.807, 2.05) is 0 Å². The molecule has 0 saturated heterocycles. The molecule has 16 rings (SSSR count). The van der Waals surface area contributed by atoms with Crippen molar-refractivity contribution in [1.29, 1.82) is 0 Å². The minimum absolute atomic E-state index is 0.0496. The van der Waals surface area contributed by atoms with Gasteiger partial charge in [-0.3, -0.25) is 0 Å². The number of aromatic nitrogens is 3. The fourth-order valence-electron chi connectivity index (χ4n) is 16.2. The van der Waals surface area contributed by atoms with E-state index < -0.39 is 8.07 Å². The van der Waals surface area contributed by atoms with Crippen LogP contribution in [0.25, 0.3) is 93.6 Å². The van der Waals surface area contributed by atoms with Crippen molar-refractivity contribution in [2.24, 2.45) is 0 Å². The molecule has 0 N–H and O–H groups in total. The predicted octanol–water partition coefficient (Wildman–Crippen LogP) is 16.4. The van der Waals surface area contributed by atoms with Gasteiger partial charge in [-0.15, -0.1) is 0 Å². The highest BCUT2D eigenvalue weighted by atomic mass is 28.3. The molecule has 4 aliphatic heterocycles. The Morgan fingerprint density at radius 2 is 0.857 bits per heavy atom. The van der Waals surface area contributed by atoms with Gasteiger partial charge in [-0.05, 0) is 187 Å². The van der Waals surface area contributed by atoms with Crippen molar-refractivity contribution in [1.82, 2.24) is 13.7 Å². The van der Waals surface area contributed by atoms with Crippen LogP contribution in [0.15, 0.2) is 140 Å². The molecule has 7 heterocycles. The molecule has 1 spiro atoms. The number of rotatable bonds is 4. The molecule has 4 aliphatic rings. The van der Waals surface area contributed by atoms with Crippen molar-refractivity contribution in [2.75, 3.05) is 0 Å². The van der Waals surface area contributed by atoms with Crippen molar-refractivity contribution >= 4 is 117 Å². The summed E-state index contributed by atoms with van der Waals surface area (Å²) in [6.45, 7) is 43.1. The van der Waals surface area contributed by atoms with Gasteiger partial charge in [-0.2, -0.15) is 0 Å². The van der Waals surface area contributed by atoms with E-state index in [2.05, 4.69) is 278 Å². The third-order valence-electron chi connectivity index (χ3n) is 21.0. The number of nitrogens with zero attached hydrogens (tertiary/aromatic N) is 3. The Morgan fingerprint density at radius 3 is 1.42 bits per heavy atom. The smallest absolute Gasteiger partial charge is 0.253 e. The maximum atomic E-state index is 2.87. The molecule has 0 amide bonds. The second kappa shape index (κ2) is 16.5. The summed E-state index contributed by atoms with van der Waals surface area (Å²) < 4.78 is 8.27. The number of hydrogen-bond acceptors (Lipinski definition) is 0. The van der Waals surface area contributed by atoms with E-state index >= 15 is 0 Å². The summed E-state index contributed by atoms with van der Waals surface area (Å²) >= 11 is 0. The molecule has 84 heavy (non-hydrogen) atoms. The monoisotopic (exact) mass is 1110 g/mol. The third kappa shape index (κ3) is 6.60. The lowest BCUT2D eigenvalue weighted by Gasteiger charge is -2.43. The molecule has 0 fully saturated rings. The van der Waals surface area contributed by atoms with E-state index in [1.54, 1.807) is 15.6 Å². The molecular formula is C79H80BN3Si. The van der Waals surface area contributed by atoms with Gasteiger partial charge in [-0.1, -0.05) is 203 Å². The molecule has 3 nitrogen and oxygen atoms in total. The first-order valence-corrected chi connectivity index (χ1v) is 33.5. The molecule has 3 aromatic heterocycles. The summed E-state index contributed by atoms with van der Waals surface area (Å²) in [5.41, 5.74) is 28.6. The van der Waals surface area contributed by atoms with E-state index in [-0.39, 0.29) is 28.4 Å². The third-order valence-corrected chi connectivity index (χ3v) is 25.8. The van der Waals surface area contributed by atoms with E-state index in [0.717, 1.165) is 0 Å². The molecule has 0 unspecified atom stereocenters. The summed E-state index contributed by atoms with van der Waals surface area (Å²) in [4.78, 5) is 0. The lowest BCUT2D eigenvalue weighted by atomic mass is 9.33. The molecule has 9 aromatic carbocycles. The highest BCUT2D eigenvalue weighted by Crippen LogP contribution is 2.48. The molecule has 418 valence electrons. The van der Waals surface area contributed by atoms with Crippen LogP contribution in [0.3, 0.4) is 0 Å². The first kappa shape index (κ1) is 52.2. The topological polar surface area (TPSA) is 14.8 Å². The zero-order chi connectivity index (χ0) is 58.7. The van der Waals surface area contributed by atoms with Gasteiger partial charge in [-0.25, -0.2) is 0 Å². The van der Waals surface area contributed by atoms with Crippen LogP contribution < -0.4 is 37.1 Å². The number of fused-ring (bicyclic) bond motifs is 18. The van der Waals surface area contributed by atoms with Gasteiger partial charge in [0.25, 0.3) is 6.71 Å². The van der Waals surface area contributed by atoms with E-state index in [0.29, 0.717) is 17.8 Å². The van der Waals surface area contributed by atoms with Crippen LogP contribution in [0.1, 0.15) is 181 Å². The van der Waals surface area contributed by atoms with E-state index in [1.165, 1.54) is 154 Å². The maximum Gasteiger partial charge on any atom is 0.253 e. The quantitative estimate of drug-likeness (QED) is 0.156. The van der Waals surface area contributed by atoms with E-state index in [4.69, 9.17) is 0 Å². The Hall–Kier alpha value is -7.34. The summed E-state index contributed by atoms with van der Waals surface area (Å²) in [7, 11) is -3.24. The normalized spacial score (nSPS) is 14.9. The van der Waals surface area contributed by atoms with Crippen LogP contribution in [0.2, 0.25) is 0 Å². The summed E-state index contributed by atoms with van der Waals surface area (Å²) in [6.07, 6.45) is 0. The second-order valence-electron chi connectivity index (χ2n) is 31.2. The Labute approximate surface area is 498 Å². The molecule has 0 radical (unpaired) electrons. The average Bonchev–Trinajstić information content (AvgIpc) is 1.40. The van der Waals surface area contributed by atoms with Crippen molar-refractivity contribution in [3.8, 4) is 28.2 Å². The lowest BCUT2D eigenvalue weighted by molar-refractivity contribution is 0.590. The molecule has 0 atom stereocenters. The van der Waals surface area contributed by atoms with Crippen molar-refractivity contribution in [3.05, 3.63) is 178 Å². The van der Waals surface area contributed by atoms with E-state index in [9.17, 15) is 0 Å². The molecule has 0 aliphatic carbocycles. The molecular weight excluding hydrogens is 1030 g/mol. The summed E-state index contributed by atoms with van der Waals surface area (Å²) in [6, 6.07) is 58.5. The Balaban J connectivity index is 1.18. The molecule has 5 heteroatoms. The van der Waals surface area contributed by atoms with Gasteiger partial charge < -0.3 is 13.7 Å². The number of hydrogen-bond donors (Lipinski definition) is 0. The van der Waals surface area contributed by atoms with Crippen LogP contribution >= 0.6 is 0 Å². The van der Waals surface area contributed by atoms with Crippen LogP contribution in [-0.4, -0.2) is 28.5 Å². The van der Waals surface area contributed by atoms with Crippen molar-refractivity contribution in [2.45, 2.75) is 164 Å². The lowest BCUT2D eigenvalue weighted by Crippen LogP contribution is -2.77. The predicted molar refractivity (Wildman–Crippen MR) is 367 cm³/mol. The van der Waals surface area contributed by atoms with Crippen LogP contribution in [0.4, 0.5) is 0 Å². The van der Waals surface area contributed by atoms with Gasteiger partial charge in [0.2, 0.25) is 0 Å². The SMILES string of the molecule is CC(C)c1ccc(-n2c3ccc(C(C)C)cc3c3c4c5c(cc32)c2cc(C(C)C)ccc2n5-c2ccc3c5c2B4c2cc(C(C)(C)C)cc4c6cc(C(C)(C)C)cc(c6n-5c24)[Si]32c3cc(C(C)(C)C)ccc3-c3ccc(C(C)(C)C)cc32)cc1. The summed E-state index contributed by atoms with van der Waals surface area (Å²) in [5, 5.41) is 14.4. The highest BCUT2D eigenvalue weighted by Gasteiger charge is 2.57. The maximum absolute atomic E-state index is 3.24. The van der Waals surface area contributed by atoms with Gasteiger partial charge in [0, 0.05) is 54.9 Å². The fraction of sp³-hybridized carbons (Fsp3) is 0.316. The second-order valence-corrected chi connectivity index (χ2v) is 34.8. The Kier molecular flexibility index (Phi) is 10.3. The standard InChI is InChI=1S/C79H80BN3Si/c1-42(2)45-19-25-52(26-20-45)81-62-30-22-47(44(5)6)34-59(62)69-64(81)41-58-55-33-46(43(3)4)21-29-61(55)82-63-31-32-65-75-70(63)80(71(69)74(58)82)60-37-50(78(13,14)15)35-56-57-36-51(79(16,17)18)40-68(73(57)83(75)72(56)60)84(65)66-38-48(76(7,8)9)23-27-53(66)54-28-24-49(39-67(54)84)77(10,11)12/h19-44H,1-18H3. The van der Waals surface area contributed by atoms with Crippen molar-refractivity contribution in [3.63, 3.8) is 0 Å². The fourth-order valence-corrected chi connectivity index (χ4v) is 21.9. The van der Waals surface area contributed by atoms with Gasteiger partial charge in [0.15, 0.2) is 8.07 Å². The van der Waals surface area contributed by atoms with Crippen molar-refractivity contribution < 1.29 is 0 Å². The molecule has 0 bridgehead atoms. The molecule has 0 saturated carbocycles. The Bertz CT molecular complexity index is 4900. The minimum atomic E-state index is -3.24. The Morgan fingerprint density at radius 1 is 0.357 bits per heavy atom. The zero-order valence-corrected chi connectivity index (χ0v) is 53.9. The summed E-state index contributed by atoms with van der Waals surface area (Å²) in [5.74, 6) is 1.19. The minimum Gasteiger partial charge on any atom is -0.310 e. The van der Waals surface area contributed by atoms with Gasteiger partial charge >= 0.3 is 0 Å². The zero-order valence-electron chi connectivity index (χ0n) is 52.9. The highest BCUT2D eigenvalue weighted by molar-refractivity contribution is 7.24. The average molecular weight is 1110 g/mol. The first-order chi connectivity index (χ1) is 39.7. The van der Waals surface area contributed by atoms with Crippen LogP contribution in [0.5, 0.6) is 0 Å². The first-order valence-electron chi connectivity index (χ1n) is 31.5. The van der Waals surface area contributed by atoms with Crippen LogP contribution in [-0.2, 0) is 21.7 Å². The van der Waals surface area contributed by atoms with Crippen LogP contribution in [0, 0.1) is 0 Å².